The van der Waals surface area contributed by atoms with Gasteiger partial charge in [0.25, 0.3) is 0 Å². The van der Waals surface area contributed by atoms with E-state index in [1.807, 2.05) is 6.20 Å². The fourth-order valence-electron chi connectivity index (χ4n) is 3.34. The van der Waals surface area contributed by atoms with Gasteiger partial charge in [-0.05, 0) is 38.2 Å². The highest BCUT2D eigenvalue weighted by Crippen LogP contribution is 2.23. The van der Waals surface area contributed by atoms with Gasteiger partial charge >= 0.3 is 0 Å². The summed E-state index contributed by atoms with van der Waals surface area (Å²) >= 11 is 0. The van der Waals surface area contributed by atoms with Gasteiger partial charge in [0.05, 0.1) is 0 Å². The van der Waals surface area contributed by atoms with E-state index in [2.05, 4.69) is 27.3 Å². The maximum atomic E-state index is 4.63. The van der Waals surface area contributed by atoms with Crippen molar-refractivity contribution in [2.24, 2.45) is 0 Å². The number of nitrogens with one attached hydrogen (secondary N) is 1. The van der Waals surface area contributed by atoms with E-state index in [4.69, 9.17) is 0 Å². The van der Waals surface area contributed by atoms with Crippen LogP contribution in [-0.2, 0) is 6.54 Å². The number of pyridine rings is 1. The van der Waals surface area contributed by atoms with E-state index in [0.717, 1.165) is 12.6 Å². The Hall–Kier alpha value is -1.09. The van der Waals surface area contributed by atoms with E-state index in [1.165, 1.54) is 69.4 Å². The largest absolute Gasteiger partial charge is 0.356 e. The zero-order chi connectivity index (χ0) is 12.9. The molecule has 3 nitrogen and oxygen atoms in total. The first-order valence-electron chi connectivity index (χ1n) is 7.86. The summed E-state index contributed by atoms with van der Waals surface area (Å²) in [6.07, 6.45) is 11.4. The second kappa shape index (κ2) is 6.38. The first-order valence-corrected chi connectivity index (χ1v) is 7.86. The molecule has 0 amide bonds. The molecule has 0 radical (unpaired) electrons. The molecule has 1 aliphatic carbocycles. The summed E-state index contributed by atoms with van der Waals surface area (Å²) < 4.78 is 0. The SMILES string of the molecule is c1cnc(N2CCCCC2)c(CNC2CCCC2)c1. The quantitative estimate of drug-likeness (QED) is 0.900. The molecule has 1 saturated carbocycles. The molecule has 3 rings (SSSR count). The molecular weight excluding hydrogens is 234 g/mol. The normalized spacial score (nSPS) is 20.9. The molecule has 3 heteroatoms. The topological polar surface area (TPSA) is 28.2 Å². The zero-order valence-corrected chi connectivity index (χ0v) is 11.8. The summed E-state index contributed by atoms with van der Waals surface area (Å²) in [6, 6.07) is 5.03. The second-order valence-electron chi connectivity index (χ2n) is 5.90. The third kappa shape index (κ3) is 3.27. The highest BCUT2D eigenvalue weighted by Gasteiger charge is 2.17. The Morgan fingerprint density at radius 3 is 2.68 bits per heavy atom. The van der Waals surface area contributed by atoms with Gasteiger partial charge in [-0.3, -0.25) is 0 Å². The van der Waals surface area contributed by atoms with E-state index in [0.29, 0.717) is 0 Å². The lowest BCUT2D eigenvalue weighted by molar-refractivity contribution is 0.520. The molecule has 1 N–H and O–H groups in total. The smallest absolute Gasteiger partial charge is 0.133 e. The molecule has 0 aromatic carbocycles. The highest BCUT2D eigenvalue weighted by atomic mass is 15.2. The van der Waals surface area contributed by atoms with Crippen molar-refractivity contribution in [3.05, 3.63) is 23.9 Å². The van der Waals surface area contributed by atoms with Gasteiger partial charge in [0, 0.05) is 37.4 Å². The van der Waals surface area contributed by atoms with Crippen molar-refractivity contribution in [3.63, 3.8) is 0 Å². The Morgan fingerprint density at radius 2 is 1.89 bits per heavy atom. The van der Waals surface area contributed by atoms with Gasteiger partial charge in [-0.2, -0.15) is 0 Å². The molecule has 1 aliphatic heterocycles. The van der Waals surface area contributed by atoms with Crippen LogP contribution < -0.4 is 10.2 Å². The maximum Gasteiger partial charge on any atom is 0.133 e. The number of nitrogens with zero attached hydrogens (tertiary/aromatic N) is 2. The number of hydrogen-bond donors (Lipinski definition) is 1. The Balaban J connectivity index is 1.65. The van der Waals surface area contributed by atoms with Crippen LogP contribution in [0.2, 0.25) is 0 Å². The zero-order valence-electron chi connectivity index (χ0n) is 11.8. The van der Waals surface area contributed by atoms with Gasteiger partial charge in [-0.1, -0.05) is 18.9 Å². The minimum atomic E-state index is 0.731. The van der Waals surface area contributed by atoms with Crippen LogP contribution in [0.1, 0.15) is 50.5 Å². The van der Waals surface area contributed by atoms with Crippen LogP contribution in [0, 0.1) is 0 Å². The number of hydrogen-bond acceptors (Lipinski definition) is 3. The maximum absolute atomic E-state index is 4.63. The van der Waals surface area contributed by atoms with Gasteiger partial charge in [0.1, 0.15) is 5.82 Å². The summed E-state index contributed by atoms with van der Waals surface area (Å²) in [7, 11) is 0. The van der Waals surface area contributed by atoms with E-state index < -0.39 is 0 Å². The Kier molecular flexibility index (Phi) is 4.34. The Bertz CT molecular complexity index is 393. The lowest BCUT2D eigenvalue weighted by Gasteiger charge is -2.29. The first-order chi connectivity index (χ1) is 9.43. The second-order valence-corrected chi connectivity index (χ2v) is 5.90. The predicted octanol–water partition coefficient (Wildman–Crippen LogP) is 3.10. The van der Waals surface area contributed by atoms with Gasteiger partial charge in [0.2, 0.25) is 0 Å². The van der Waals surface area contributed by atoms with Crippen molar-refractivity contribution in [1.82, 2.24) is 10.3 Å². The molecule has 2 fully saturated rings. The molecule has 2 heterocycles. The number of anilines is 1. The fraction of sp³-hybridized carbons (Fsp3) is 0.688. The van der Waals surface area contributed by atoms with Crippen molar-refractivity contribution in [1.29, 1.82) is 0 Å². The van der Waals surface area contributed by atoms with Crippen LogP contribution in [-0.4, -0.2) is 24.1 Å². The van der Waals surface area contributed by atoms with Crippen molar-refractivity contribution in [2.45, 2.75) is 57.5 Å². The average Bonchev–Trinajstić information content (AvgIpc) is 3.00. The van der Waals surface area contributed by atoms with Crippen LogP contribution in [0.5, 0.6) is 0 Å². The molecule has 1 aromatic heterocycles. The van der Waals surface area contributed by atoms with Crippen molar-refractivity contribution in [2.75, 3.05) is 18.0 Å². The van der Waals surface area contributed by atoms with Crippen LogP contribution in [0.4, 0.5) is 5.82 Å². The van der Waals surface area contributed by atoms with E-state index in [1.54, 1.807) is 0 Å². The van der Waals surface area contributed by atoms with Gasteiger partial charge in [-0.15, -0.1) is 0 Å². The monoisotopic (exact) mass is 259 g/mol. The highest BCUT2D eigenvalue weighted by molar-refractivity contribution is 5.46. The van der Waals surface area contributed by atoms with Crippen LogP contribution in [0.3, 0.4) is 0 Å². The standard InChI is InChI=1S/C16H25N3/c1-4-11-19(12-5-1)16-14(7-6-10-17-16)13-18-15-8-2-3-9-15/h6-7,10,15,18H,1-5,8-9,11-13H2. The Morgan fingerprint density at radius 1 is 1.11 bits per heavy atom. The van der Waals surface area contributed by atoms with Crippen LogP contribution >= 0.6 is 0 Å². The summed E-state index contributed by atoms with van der Waals surface area (Å²) in [5.41, 5.74) is 1.37. The fourth-order valence-corrected chi connectivity index (χ4v) is 3.34. The minimum Gasteiger partial charge on any atom is -0.356 e. The molecule has 104 valence electrons. The summed E-state index contributed by atoms with van der Waals surface area (Å²) in [5.74, 6) is 1.22. The van der Waals surface area contributed by atoms with Crippen molar-refractivity contribution < 1.29 is 0 Å². The molecule has 2 aliphatic rings. The van der Waals surface area contributed by atoms with Crippen molar-refractivity contribution in [3.8, 4) is 0 Å². The number of aromatic nitrogens is 1. The lowest BCUT2D eigenvalue weighted by Crippen LogP contribution is -2.32. The predicted molar refractivity (Wildman–Crippen MR) is 79.4 cm³/mol. The molecule has 0 unspecified atom stereocenters. The van der Waals surface area contributed by atoms with Crippen LogP contribution in [0.15, 0.2) is 18.3 Å². The van der Waals surface area contributed by atoms with Gasteiger partial charge in [0.15, 0.2) is 0 Å². The van der Waals surface area contributed by atoms with Crippen molar-refractivity contribution >= 4 is 5.82 Å². The summed E-state index contributed by atoms with van der Waals surface area (Å²) in [4.78, 5) is 7.10. The molecule has 0 spiro atoms. The third-order valence-electron chi connectivity index (χ3n) is 4.46. The summed E-state index contributed by atoms with van der Waals surface area (Å²) in [6.45, 7) is 3.32. The molecule has 1 aromatic rings. The average molecular weight is 259 g/mol. The van der Waals surface area contributed by atoms with Gasteiger partial charge < -0.3 is 10.2 Å². The lowest BCUT2D eigenvalue weighted by atomic mass is 10.1. The molecule has 1 saturated heterocycles. The molecule has 0 atom stereocenters. The van der Waals surface area contributed by atoms with E-state index in [-0.39, 0.29) is 0 Å². The molecular formula is C16H25N3. The minimum absolute atomic E-state index is 0.731. The van der Waals surface area contributed by atoms with Crippen LogP contribution in [0.25, 0.3) is 0 Å². The first kappa shape index (κ1) is 12.9. The Labute approximate surface area is 116 Å². The third-order valence-corrected chi connectivity index (χ3v) is 4.46. The number of rotatable bonds is 4. The number of piperidine rings is 1. The molecule has 19 heavy (non-hydrogen) atoms. The van der Waals surface area contributed by atoms with E-state index >= 15 is 0 Å². The summed E-state index contributed by atoms with van der Waals surface area (Å²) in [5, 5.41) is 3.71. The van der Waals surface area contributed by atoms with Gasteiger partial charge in [-0.25, -0.2) is 4.98 Å². The van der Waals surface area contributed by atoms with E-state index in [9.17, 15) is 0 Å². The molecule has 0 bridgehead atoms.